The maximum absolute atomic E-state index is 4.40. The van der Waals surface area contributed by atoms with Crippen LogP contribution in [0.4, 0.5) is 0 Å². The van der Waals surface area contributed by atoms with Gasteiger partial charge in [-0.25, -0.2) is 0 Å². The fourth-order valence-corrected chi connectivity index (χ4v) is 3.13. The van der Waals surface area contributed by atoms with E-state index in [0.717, 1.165) is 25.3 Å². The number of thiophene rings is 1. The molecule has 0 aliphatic carbocycles. The lowest BCUT2D eigenvalue weighted by molar-refractivity contribution is 0.280. The molecule has 4 heteroatoms. The van der Waals surface area contributed by atoms with Crippen molar-refractivity contribution in [2.75, 3.05) is 6.54 Å². The zero-order valence-electron chi connectivity index (χ0n) is 11.9. The van der Waals surface area contributed by atoms with Gasteiger partial charge in [-0.3, -0.25) is 9.58 Å². The van der Waals surface area contributed by atoms with Crippen LogP contribution in [0.1, 0.15) is 21.1 Å². The monoisotopic (exact) mass is 275 g/mol. The smallest absolute Gasteiger partial charge is 0.0597 e. The molecule has 2 aromatic rings. The van der Waals surface area contributed by atoms with Crippen LogP contribution in [0.15, 0.2) is 30.9 Å². The van der Waals surface area contributed by atoms with Crippen LogP contribution in [-0.4, -0.2) is 21.2 Å². The summed E-state index contributed by atoms with van der Waals surface area (Å²) in [6, 6.07) is 6.54. The fourth-order valence-electron chi connectivity index (χ4n) is 2.20. The van der Waals surface area contributed by atoms with Crippen molar-refractivity contribution in [3.8, 4) is 0 Å². The molecule has 102 valence electrons. The van der Waals surface area contributed by atoms with Gasteiger partial charge in [0.05, 0.1) is 11.4 Å². The van der Waals surface area contributed by atoms with Gasteiger partial charge in [-0.2, -0.15) is 5.10 Å². The van der Waals surface area contributed by atoms with Crippen molar-refractivity contribution >= 4 is 11.3 Å². The molecule has 0 aromatic carbocycles. The minimum Gasteiger partial charge on any atom is -0.289 e. The third-order valence-electron chi connectivity index (χ3n) is 3.05. The van der Waals surface area contributed by atoms with Gasteiger partial charge in [0, 0.05) is 36.4 Å². The van der Waals surface area contributed by atoms with Gasteiger partial charge >= 0.3 is 0 Å². The lowest BCUT2D eigenvalue weighted by Gasteiger charge is -2.19. The highest BCUT2D eigenvalue weighted by Crippen LogP contribution is 2.18. The summed E-state index contributed by atoms with van der Waals surface area (Å²) in [5, 5.41) is 4.40. The van der Waals surface area contributed by atoms with E-state index >= 15 is 0 Å². The van der Waals surface area contributed by atoms with Crippen molar-refractivity contribution in [1.82, 2.24) is 14.7 Å². The highest BCUT2D eigenvalue weighted by Gasteiger charge is 2.10. The molecule has 0 radical (unpaired) electrons. The van der Waals surface area contributed by atoms with Gasteiger partial charge < -0.3 is 0 Å². The molecule has 0 saturated carbocycles. The Hall–Kier alpha value is -1.39. The summed E-state index contributed by atoms with van der Waals surface area (Å²) in [5.74, 6) is 0. The first-order valence-electron chi connectivity index (χ1n) is 6.46. The van der Waals surface area contributed by atoms with Crippen LogP contribution >= 0.6 is 11.3 Å². The number of hydrogen-bond donors (Lipinski definition) is 0. The summed E-state index contributed by atoms with van der Waals surface area (Å²) in [4.78, 5) is 5.15. The van der Waals surface area contributed by atoms with Crippen molar-refractivity contribution in [2.45, 2.75) is 26.9 Å². The lowest BCUT2D eigenvalue weighted by atomic mass is 10.3. The molecule has 0 fully saturated rings. The maximum Gasteiger partial charge on any atom is 0.0597 e. The quantitative estimate of drug-likeness (QED) is 0.754. The molecule has 0 spiro atoms. The second kappa shape index (κ2) is 6.17. The second-order valence-electron chi connectivity index (χ2n) is 4.87. The summed E-state index contributed by atoms with van der Waals surface area (Å²) in [6.45, 7) is 10.8. The van der Waals surface area contributed by atoms with Gasteiger partial charge in [0.25, 0.3) is 0 Å². The third-order valence-corrected chi connectivity index (χ3v) is 4.03. The molecule has 0 unspecified atom stereocenters. The summed E-state index contributed by atoms with van der Waals surface area (Å²) in [6.07, 6.45) is 1.96. The lowest BCUT2D eigenvalue weighted by Crippen LogP contribution is -2.23. The molecule has 2 heterocycles. The van der Waals surface area contributed by atoms with Crippen molar-refractivity contribution in [3.63, 3.8) is 0 Å². The van der Waals surface area contributed by atoms with Crippen molar-refractivity contribution in [2.24, 2.45) is 7.05 Å². The number of aromatic nitrogens is 2. The molecular weight excluding hydrogens is 254 g/mol. The Morgan fingerprint density at radius 2 is 2.16 bits per heavy atom. The number of hydrogen-bond acceptors (Lipinski definition) is 3. The van der Waals surface area contributed by atoms with Crippen LogP contribution in [0.2, 0.25) is 0 Å². The van der Waals surface area contributed by atoms with E-state index in [1.807, 2.05) is 36.1 Å². The highest BCUT2D eigenvalue weighted by molar-refractivity contribution is 7.11. The van der Waals surface area contributed by atoms with Gasteiger partial charge in [-0.15, -0.1) is 17.9 Å². The van der Waals surface area contributed by atoms with E-state index in [2.05, 4.69) is 41.7 Å². The van der Waals surface area contributed by atoms with Crippen molar-refractivity contribution in [1.29, 1.82) is 0 Å². The molecule has 0 N–H and O–H groups in total. The topological polar surface area (TPSA) is 21.1 Å². The van der Waals surface area contributed by atoms with E-state index in [4.69, 9.17) is 0 Å². The van der Waals surface area contributed by atoms with E-state index in [-0.39, 0.29) is 0 Å². The van der Waals surface area contributed by atoms with Gasteiger partial charge in [0.2, 0.25) is 0 Å². The van der Waals surface area contributed by atoms with Crippen LogP contribution in [-0.2, 0) is 20.1 Å². The molecule has 0 aliphatic rings. The first-order valence-corrected chi connectivity index (χ1v) is 7.28. The van der Waals surface area contributed by atoms with Crippen LogP contribution in [0.3, 0.4) is 0 Å². The first-order chi connectivity index (χ1) is 9.08. The molecule has 2 rings (SSSR count). The van der Waals surface area contributed by atoms with Crippen molar-refractivity contribution in [3.05, 3.63) is 52.0 Å². The maximum atomic E-state index is 4.40. The summed E-state index contributed by atoms with van der Waals surface area (Å²) in [7, 11) is 2.00. The largest absolute Gasteiger partial charge is 0.289 e. The van der Waals surface area contributed by atoms with E-state index in [9.17, 15) is 0 Å². The van der Waals surface area contributed by atoms with Crippen LogP contribution in [0, 0.1) is 13.8 Å². The van der Waals surface area contributed by atoms with E-state index in [1.165, 1.54) is 15.4 Å². The van der Waals surface area contributed by atoms with Gasteiger partial charge in [0.15, 0.2) is 0 Å². The normalized spacial score (nSPS) is 11.2. The third kappa shape index (κ3) is 3.78. The molecular formula is C15H21N3S. The summed E-state index contributed by atoms with van der Waals surface area (Å²) < 4.78 is 1.96. The van der Waals surface area contributed by atoms with Crippen LogP contribution in [0.25, 0.3) is 0 Å². The Morgan fingerprint density at radius 3 is 2.68 bits per heavy atom. The minimum atomic E-state index is 0.890. The Morgan fingerprint density at radius 1 is 1.37 bits per heavy atom. The standard InChI is InChI=1S/C15H21N3S/c1-5-8-18(11-15-7-6-13(3)19-15)10-14-9-12(2)16-17(14)4/h5-7,9H,1,8,10-11H2,2-4H3. The average molecular weight is 275 g/mol. The van der Waals surface area contributed by atoms with Crippen LogP contribution in [0.5, 0.6) is 0 Å². The SMILES string of the molecule is C=CCN(Cc1ccc(C)s1)Cc1cc(C)nn1C. The predicted octanol–water partition coefficient (Wildman–Crippen LogP) is 3.29. The molecule has 0 amide bonds. The zero-order chi connectivity index (χ0) is 13.8. The van der Waals surface area contributed by atoms with Gasteiger partial charge in [-0.1, -0.05) is 6.08 Å². The highest BCUT2D eigenvalue weighted by atomic mass is 32.1. The molecule has 2 aromatic heterocycles. The molecule has 0 aliphatic heterocycles. The minimum absolute atomic E-state index is 0.890. The Labute approximate surface area is 119 Å². The van der Waals surface area contributed by atoms with Crippen molar-refractivity contribution < 1.29 is 0 Å². The Balaban J connectivity index is 2.07. The number of aryl methyl sites for hydroxylation is 3. The Bertz CT molecular complexity index is 553. The molecule has 0 saturated heterocycles. The van der Waals surface area contributed by atoms with Crippen LogP contribution < -0.4 is 0 Å². The molecule has 0 atom stereocenters. The number of rotatable bonds is 6. The predicted molar refractivity (Wildman–Crippen MR) is 81.3 cm³/mol. The average Bonchev–Trinajstić information content (AvgIpc) is 2.86. The molecule has 3 nitrogen and oxygen atoms in total. The van der Waals surface area contributed by atoms with E-state index in [0.29, 0.717) is 0 Å². The summed E-state index contributed by atoms with van der Waals surface area (Å²) >= 11 is 1.86. The Kier molecular flexibility index (Phi) is 4.56. The second-order valence-corrected chi connectivity index (χ2v) is 6.24. The molecule has 19 heavy (non-hydrogen) atoms. The van der Waals surface area contributed by atoms with E-state index in [1.54, 1.807) is 0 Å². The summed E-state index contributed by atoms with van der Waals surface area (Å²) in [5.41, 5.74) is 2.32. The first kappa shape index (κ1) is 14.0. The fraction of sp³-hybridized carbons (Fsp3) is 0.400. The zero-order valence-corrected chi connectivity index (χ0v) is 12.7. The number of nitrogens with zero attached hydrogens (tertiary/aromatic N) is 3. The molecule has 0 bridgehead atoms. The van der Waals surface area contributed by atoms with Gasteiger partial charge in [-0.05, 0) is 32.0 Å². The van der Waals surface area contributed by atoms with Gasteiger partial charge in [0.1, 0.15) is 0 Å². The van der Waals surface area contributed by atoms with E-state index < -0.39 is 0 Å².